The number of benzene rings is 1. The predicted molar refractivity (Wildman–Crippen MR) is 66.1 cm³/mol. The zero-order chi connectivity index (χ0) is 11.5. The molecule has 1 aromatic carbocycles. The third-order valence-corrected chi connectivity index (χ3v) is 3.42. The van der Waals surface area contributed by atoms with E-state index in [9.17, 15) is 5.11 Å². The normalized spacial score (nSPS) is 26.9. The number of nitrogens with zero attached hydrogens (tertiary/aromatic N) is 1. The maximum absolute atomic E-state index is 10.2. The fourth-order valence-corrected chi connectivity index (χ4v) is 2.58. The van der Waals surface area contributed by atoms with Gasteiger partial charge in [-0.1, -0.05) is 25.1 Å². The molecule has 1 fully saturated rings. The summed E-state index contributed by atoms with van der Waals surface area (Å²) in [6.07, 6.45) is 1.65. The standard InChI is InChI=1S/C13H20N2O/c1-2-15-9-5-8-12(16)13(15)10-6-3-4-7-11(10)14/h3-4,6-7,12-13,16H,2,5,8-9,14H2,1H3. The van der Waals surface area contributed by atoms with Gasteiger partial charge < -0.3 is 10.8 Å². The molecule has 0 aromatic heterocycles. The molecular weight excluding hydrogens is 200 g/mol. The van der Waals surface area contributed by atoms with Gasteiger partial charge in [0, 0.05) is 5.69 Å². The molecule has 3 N–H and O–H groups in total. The van der Waals surface area contributed by atoms with Crippen LogP contribution in [0.5, 0.6) is 0 Å². The summed E-state index contributed by atoms with van der Waals surface area (Å²) in [5.41, 5.74) is 7.84. The maximum atomic E-state index is 10.2. The average molecular weight is 220 g/mol. The Hall–Kier alpha value is -1.06. The molecule has 1 saturated heterocycles. The molecule has 0 bridgehead atoms. The van der Waals surface area contributed by atoms with Crippen LogP contribution in [0.3, 0.4) is 0 Å². The summed E-state index contributed by atoms with van der Waals surface area (Å²) in [4.78, 5) is 2.31. The first-order chi connectivity index (χ1) is 7.74. The summed E-state index contributed by atoms with van der Waals surface area (Å²) in [5.74, 6) is 0. The van der Waals surface area contributed by atoms with E-state index in [-0.39, 0.29) is 12.1 Å². The molecule has 1 aliphatic rings. The van der Waals surface area contributed by atoms with Crippen molar-refractivity contribution >= 4 is 5.69 Å². The highest BCUT2D eigenvalue weighted by atomic mass is 16.3. The number of piperidine rings is 1. The van der Waals surface area contributed by atoms with Crippen molar-refractivity contribution in [2.24, 2.45) is 0 Å². The Morgan fingerprint density at radius 1 is 1.44 bits per heavy atom. The molecule has 0 saturated carbocycles. The molecule has 3 nitrogen and oxygen atoms in total. The fourth-order valence-electron chi connectivity index (χ4n) is 2.58. The molecule has 0 spiro atoms. The number of hydrogen-bond donors (Lipinski definition) is 2. The first-order valence-corrected chi connectivity index (χ1v) is 6.00. The van der Waals surface area contributed by atoms with Crippen LogP contribution < -0.4 is 5.73 Å². The van der Waals surface area contributed by atoms with Gasteiger partial charge in [-0.15, -0.1) is 0 Å². The summed E-state index contributed by atoms with van der Waals surface area (Å²) in [6.45, 7) is 4.13. The van der Waals surface area contributed by atoms with E-state index in [4.69, 9.17) is 5.73 Å². The molecule has 16 heavy (non-hydrogen) atoms. The number of anilines is 1. The maximum Gasteiger partial charge on any atom is 0.0738 e. The second-order valence-corrected chi connectivity index (χ2v) is 4.41. The molecule has 0 radical (unpaired) electrons. The topological polar surface area (TPSA) is 49.5 Å². The molecule has 2 unspecified atom stereocenters. The Labute approximate surface area is 96.9 Å². The van der Waals surface area contributed by atoms with Gasteiger partial charge in [-0.3, -0.25) is 4.90 Å². The number of aliphatic hydroxyl groups excluding tert-OH is 1. The molecule has 0 aliphatic carbocycles. The highest BCUT2D eigenvalue weighted by Gasteiger charge is 2.31. The van der Waals surface area contributed by atoms with E-state index in [1.807, 2.05) is 24.3 Å². The molecule has 2 atom stereocenters. The van der Waals surface area contributed by atoms with Crippen LogP contribution in [0, 0.1) is 0 Å². The summed E-state index contributed by atoms with van der Waals surface area (Å²) < 4.78 is 0. The van der Waals surface area contributed by atoms with Gasteiger partial charge in [0.15, 0.2) is 0 Å². The summed E-state index contributed by atoms with van der Waals surface area (Å²) in [6, 6.07) is 7.92. The van der Waals surface area contributed by atoms with E-state index in [1.54, 1.807) is 0 Å². The Balaban J connectivity index is 2.32. The zero-order valence-corrected chi connectivity index (χ0v) is 9.76. The molecule has 0 amide bonds. The Kier molecular flexibility index (Phi) is 3.46. The van der Waals surface area contributed by atoms with Crippen LogP contribution in [-0.2, 0) is 0 Å². The summed E-state index contributed by atoms with van der Waals surface area (Å²) in [7, 11) is 0. The predicted octanol–water partition coefficient (Wildman–Crippen LogP) is 1.79. The van der Waals surface area contributed by atoms with Crippen molar-refractivity contribution in [1.82, 2.24) is 4.90 Å². The van der Waals surface area contributed by atoms with Gasteiger partial charge in [-0.25, -0.2) is 0 Å². The van der Waals surface area contributed by atoms with E-state index in [1.165, 1.54) is 0 Å². The minimum Gasteiger partial charge on any atom is -0.398 e. The molecule has 3 heteroatoms. The third-order valence-electron chi connectivity index (χ3n) is 3.42. The van der Waals surface area contributed by atoms with Crippen molar-refractivity contribution in [1.29, 1.82) is 0 Å². The Morgan fingerprint density at radius 2 is 2.19 bits per heavy atom. The first-order valence-electron chi connectivity index (χ1n) is 6.00. The molecule has 2 rings (SSSR count). The van der Waals surface area contributed by atoms with Crippen LogP contribution >= 0.6 is 0 Å². The van der Waals surface area contributed by atoms with Crippen LogP contribution in [0.2, 0.25) is 0 Å². The number of hydrogen-bond acceptors (Lipinski definition) is 3. The number of rotatable bonds is 2. The number of likely N-dealkylation sites (N-methyl/N-ethyl adjacent to an activating group) is 1. The van der Waals surface area contributed by atoms with E-state index in [2.05, 4.69) is 11.8 Å². The van der Waals surface area contributed by atoms with Crippen molar-refractivity contribution in [2.45, 2.75) is 31.9 Å². The van der Waals surface area contributed by atoms with Gasteiger partial charge >= 0.3 is 0 Å². The molecule has 1 aliphatic heterocycles. The molecule has 1 aromatic rings. The van der Waals surface area contributed by atoms with E-state index >= 15 is 0 Å². The first kappa shape index (κ1) is 11.4. The molecule has 88 valence electrons. The van der Waals surface area contributed by atoms with E-state index in [0.717, 1.165) is 37.2 Å². The summed E-state index contributed by atoms with van der Waals surface area (Å²) in [5, 5.41) is 10.2. The van der Waals surface area contributed by atoms with Crippen LogP contribution in [-0.4, -0.2) is 29.2 Å². The van der Waals surface area contributed by atoms with Crippen molar-refractivity contribution in [2.75, 3.05) is 18.8 Å². The third kappa shape index (κ3) is 2.06. The monoisotopic (exact) mass is 220 g/mol. The molecule has 1 heterocycles. The van der Waals surface area contributed by atoms with Crippen molar-refractivity contribution < 1.29 is 5.11 Å². The summed E-state index contributed by atoms with van der Waals surface area (Å²) >= 11 is 0. The number of likely N-dealkylation sites (tertiary alicyclic amines) is 1. The lowest BCUT2D eigenvalue weighted by Gasteiger charge is -2.39. The second-order valence-electron chi connectivity index (χ2n) is 4.41. The van der Waals surface area contributed by atoms with Crippen LogP contribution in [0.1, 0.15) is 31.4 Å². The quantitative estimate of drug-likeness (QED) is 0.747. The Bertz CT molecular complexity index is 354. The smallest absolute Gasteiger partial charge is 0.0738 e. The van der Waals surface area contributed by atoms with Gasteiger partial charge in [0.2, 0.25) is 0 Å². The second kappa shape index (κ2) is 4.85. The van der Waals surface area contributed by atoms with Gasteiger partial charge in [-0.2, -0.15) is 0 Å². The van der Waals surface area contributed by atoms with Gasteiger partial charge in [0.05, 0.1) is 12.1 Å². The average Bonchev–Trinajstić information content (AvgIpc) is 2.30. The van der Waals surface area contributed by atoms with E-state index < -0.39 is 0 Å². The highest BCUT2D eigenvalue weighted by Crippen LogP contribution is 2.33. The van der Waals surface area contributed by atoms with Crippen LogP contribution in [0.25, 0.3) is 0 Å². The van der Waals surface area contributed by atoms with Gasteiger partial charge in [0.25, 0.3) is 0 Å². The molecular formula is C13H20N2O. The lowest BCUT2D eigenvalue weighted by Crippen LogP contribution is -2.41. The van der Waals surface area contributed by atoms with Gasteiger partial charge in [0.1, 0.15) is 0 Å². The SMILES string of the molecule is CCN1CCCC(O)C1c1ccccc1N. The largest absolute Gasteiger partial charge is 0.398 e. The minimum atomic E-state index is -0.293. The van der Waals surface area contributed by atoms with Crippen molar-refractivity contribution in [3.05, 3.63) is 29.8 Å². The van der Waals surface area contributed by atoms with Crippen molar-refractivity contribution in [3.63, 3.8) is 0 Å². The van der Waals surface area contributed by atoms with Crippen molar-refractivity contribution in [3.8, 4) is 0 Å². The van der Waals surface area contributed by atoms with Crippen LogP contribution in [0.4, 0.5) is 5.69 Å². The highest BCUT2D eigenvalue weighted by molar-refractivity contribution is 5.48. The lowest BCUT2D eigenvalue weighted by molar-refractivity contribution is 0.0129. The number of aliphatic hydroxyl groups is 1. The number of nitrogen functional groups attached to an aromatic ring is 1. The minimum absolute atomic E-state index is 0.0694. The number of para-hydroxylation sites is 1. The van der Waals surface area contributed by atoms with E-state index in [0.29, 0.717) is 0 Å². The number of nitrogens with two attached hydrogens (primary N) is 1. The fraction of sp³-hybridized carbons (Fsp3) is 0.538. The lowest BCUT2D eigenvalue weighted by atomic mass is 9.91. The van der Waals surface area contributed by atoms with Gasteiger partial charge in [-0.05, 0) is 37.6 Å². The Morgan fingerprint density at radius 3 is 2.88 bits per heavy atom. The zero-order valence-electron chi connectivity index (χ0n) is 9.76. The van der Waals surface area contributed by atoms with Crippen LogP contribution in [0.15, 0.2) is 24.3 Å².